The fourth-order valence-electron chi connectivity index (χ4n) is 3.00. The number of aromatic nitrogens is 2. The van der Waals surface area contributed by atoms with E-state index in [1.807, 2.05) is 0 Å². The zero-order valence-electron chi connectivity index (χ0n) is 14.4. The summed E-state index contributed by atoms with van der Waals surface area (Å²) in [6.45, 7) is 1.53. The molecule has 0 bridgehead atoms. The number of imidazole rings is 1. The number of nitrogens with zero attached hydrogens (tertiary/aromatic N) is 3. The predicted octanol–water partition coefficient (Wildman–Crippen LogP) is 4.20. The Bertz CT molecular complexity index is 1290. The van der Waals surface area contributed by atoms with Crippen LogP contribution >= 0.6 is 11.6 Å². The molecule has 0 unspecified atom stereocenters. The summed E-state index contributed by atoms with van der Waals surface area (Å²) in [4.78, 5) is 27.7. The second-order valence-electron chi connectivity index (χ2n) is 6.09. The molecule has 0 aliphatic rings. The minimum absolute atomic E-state index is 0.136. The highest BCUT2D eigenvalue weighted by molar-refractivity contribution is 6.30. The van der Waals surface area contributed by atoms with E-state index in [1.54, 1.807) is 24.3 Å². The van der Waals surface area contributed by atoms with E-state index in [9.17, 15) is 20.0 Å². The quantitative estimate of drug-likeness (QED) is 0.409. The lowest BCUT2D eigenvalue weighted by molar-refractivity contribution is -0.385. The van der Waals surface area contributed by atoms with E-state index in [4.69, 9.17) is 16.0 Å². The smallest absolute Gasteiger partial charge is 0.349 e. The maximum absolute atomic E-state index is 12.5. The SMILES string of the molecule is Cc1cc(O)c(-c2c(-c3ccc(Cl)cc3)nc3ccc([N+](=O)[O-])cn23)c(=O)o1. The molecule has 28 heavy (non-hydrogen) atoms. The van der Waals surface area contributed by atoms with Gasteiger partial charge in [0.15, 0.2) is 0 Å². The highest BCUT2D eigenvalue weighted by atomic mass is 35.5. The predicted molar refractivity (Wildman–Crippen MR) is 103 cm³/mol. The third-order valence-corrected chi connectivity index (χ3v) is 4.47. The molecule has 1 aromatic carbocycles. The van der Waals surface area contributed by atoms with E-state index in [0.717, 1.165) is 0 Å². The summed E-state index contributed by atoms with van der Waals surface area (Å²) in [5.41, 5.74) is 0.417. The molecule has 0 aliphatic heterocycles. The Labute approximate surface area is 162 Å². The lowest BCUT2D eigenvalue weighted by Crippen LogP contribution is -2.06. The molecule has 1 N–H and O–H groups in total. The molecule has 3 heterocycles. The standard InChI is InChI=1S/C19H12ClN3O5/c1-10-8-14(24)16(19(25)28-10)18-17(11-2-4-12(20)5-3-11)21-15-7-6-13(23(26)27)9-22(15)18/h2-9,24H,1H3. The minimum atomic E-state index is -0.777. The van der Waals surface area contributed by atoms with Gasteiger partial charge < -0.3 is 9.52 Å². The maximum atomic E-state index is 12.5. The largest absolute Gasteiger partial charge is 0.507 e. The van der Waals surface area contributed by atoms with Gasteiger partial charge in [-0.05, 0) is 25.1 Å². The first-order chi connectivity index (χ1) is 13.3. The van der Waals surface area contributed by atoms with E-state index >= 15 is 0 Å². The van der Waals surface area contributed by atoms with Gasteiger partial charge >= 0.3 is 5.63 Å². The van der Waals surface area contributed by atoms with Crippen molar-refractivity contribution in [1.29, 1.82) is 0 Å². The summed E-state index contributed by atoms with van der Waals surface area (Å²) >= 11 is 5.95. The molecule has 8 nitrogen and oxygen atoms in total. The van der Waals surface area contributed by atoms with E-state index in [2.05, 4.69) is 4.98 Å². The van der Waals surface area contributed by atoms with Gasteiger partial charge in [0.1, 0.15) is 22.7 Å². The molecule has 0 saturated heterocycles. The van der Waals surface area contributed by atoms with Crippen LogP contribution in [0.15, 0.2) is 57.9 Å². The van der Waals surface area contributed by atoms with Crippen LogP contribution in [0.2, 0.25) is 5.02 Å². The number of aryl methyl sites for hydroxylation is 1. The lowest BCUT2D eigenvalue weighted by Gasteiger charge is -2.07. The van der Waals surface area contributed by atoms with Gasteiger partial charge in [-0.2, -0.15) is 0 Å². The Kier molecular flexibility index (Phi) is 4.12. The molecular weight excluding hydrogens is 386 g/mol. The van der Waals surface area contributed by atoms with E-state index in [-0.39, 0.29) is 28.5 Å². The van der Waals surface area contributed by atoms with Crippen molar-refractivity contribution in [2.24, 2.45) is 0 Å². The third kappa shape index (κ3) is 2.89. The van der Waals surface area contributed by atoms with E-state index < -0.39 is 10.5 Å². The van der Waals surface area contributed by atoms with Gasteiger partial charge in [0.25, 0.3) is 5.69 Å². The van der Waals surface area contributed by atoms with Crippen molar-refractivity contribution in [3.8, 4) is 28.3 Å². The van der Waals surface area contributed by atoms with Crippen molar-refractivity contribution in [2.45, 2.75) is 6.92 Å². The number of benzene rings is 1. The molecule has 0 fully saturated rings. The third-order valence-electron chi connectivity index (χ3n) is 4.22. The molecule has 0 aliphatic carbocycles. The topological polar surface area (TPSA) is 111 Å². The van der Waals surface area contributed by atoms with Crippen LogP contribution in [0.3, 0.4) is 0 Å². The van der Waals surface area contributed by atoms with Gasteiger partial charge in [-0.3, -0.25) is 14.5 Å². The summed E-state index contributed by atoms with van der Waals surface area (Å²) in [5, 5.41) is 22.2. The normalized spacial score (nSPS) is 11.1. The zero-order chi connectivity index (χ0) is 20.0. The van der Waals surface area contributed by atoms with Gasteiger partial charge in [-0.1, -0.05) is 23.7 Å². The van der Waals surface area contributed by atoms with Crippen LogP contribution in [0.4, 0.5) is 5.69 Å². The molecule has 0 spiro atoms. The van der Waals surface area contributed by atoms with Gasteiger partial charge in [0, 0.05) is 22.7 Å². The van der Waals surface area contributed by atoms with Gasteiger partial charge in [0.05, 0.1) is 22.5 Å². The van der Waals surface area contributed by atoms with Crippen LogP contribution in [0.25, 0.3) is 28.2 Å². The van der Waals surface area contributed by atoms with Gasteiger partial charge in [-0.25, -0.2) is 9.78 Å². The van der Waals surface area contributed by atoms with Crippen molar-refractivity contribution < 1.29 is 14.4 Å². The summed E-state index contributed by atoms with van der Waals surface area (Å²) in [7, 11) is 0. The Morgan fingerprint density at radius 1 is 1.21 bits per heavy atom. The Hall–Kier alpha value is -3.65. The van der Waals surface area contributed by atoms with Crippen LogP contribution in [0, 0.1) is 17.0 Å². The highest BCUT2D eigenvalue weighted by Gasteiger charge is 2.24. The average molecular weight is 398 g/mol. The number of halogens is 1. The molecule has 0 amide bonds. The molecule has 0 atom stereocenters. The molecule has 4 aromatic rings. The van der Waals surface area contributed by atoms with E-state index in [0.29, 0.717) is 21.9 Å². The number of pyridine rings is 1. The van der Waals surface area contributed by atoms with Crippen LogP contribution in [0.5, 0.6) is 5.75 Å². The van der Waals surface area contributed by atoms with Crippen molar-refractivity contribution in [3.05, 3.63) is 80.0 Å². The Morgan fingerprint density at radius 3 is 2.57 bits per heavy atom. The van der Waals surface area contributed by atoms with E-state index in [1.165, 1.54) is 35.7 Å². The summed E-state index contributed by atoms with van der Waals surface area (Å²) in [5.74, 6) is -0.0728. The summed E-state index contributed by atoms with van der Waals surface area (Å²) in [6.07, 6.45) is 1.25. The zero-order valence-corrected chi connectivity index (χ0v) is 15.2. The van der Waals surface area contributed by atoms with Crippen molar-refractivity contribution in [1.82, 2.24) is 9.38 Å². The second-order valence-corrected chi connectivity index (χ2v) is 6.53. The Balaban J connectivity index is 2.13. The minimum Gasteiger partial charge on any atom is -0.507 e. The number of hydrogen-bond donors (Lipinski definition) is 1. The number of rotatable bonds is 3. The van der Waals surface area contributed by atoms with Crippen molar-refractivity contribution in [2.75, 3.05) is 0 Å². The monoisotopic (exact) mass is 397 g/mol. The lowest BCUT2D eigenvalue weighted by atomic mass is 10.1. The van der Waals surface area contributed by atoms with Crippen LogP contribution < -0.4 is 5.63 Å². The van der Waals surface area contributed by atoms with Crippen LogP contribution in [-0.2, 0) is 0 Å². The van der Waals surface area contributed by atoms with Crippen molar-refractivity contribution in [3.63, 3.8) is 0 Å². The van der Waals surface area contributed by atoms with Crippen LogP contribution in [0.1, 0.15) is 5.76 Å². The van der Waals surface area contributed by atoms with Gasteiger partial charge in [-0.15, -0.1) is 0 Å². The summed E-state index contributed by atoms with van der Waals surface area (Å²) in [6, 6.07) is 10.8. The number of hydrogen-bond acceptors (Lipinski definition) is 6. The molecule has 4 rings (SSSR count). The first-order valence-corrected chi connectivity index (χ1v) is 8.49. The first kappa shape index (κ1) is 17.7. The molecule has 140 valence electrons. The highest BCUT2D eigenvalue weighted by Crippen LogP contribution is 2.36. The fourth-order valence-corrected chi connectivity index (χ4v) is 3.13. The number of nitro groups is 1. The second kappa shape index (κ2) is 6.50. The molecule has 0 radical (unpaired) electrons. The van der Waals surface area contributed by atoms with Crippen LogP contribution in [-0.4, -0.2) is 19.4 Å². The van der Waals surface area contributed by atoms with Gasteiger partial charge in [0.2, 0.25) is 0 Å². The molecule has 3 aromatic heterocycles. The fraction of sp³-hybridized carbons (Fsp3) is 0.0526. The molecular formula is C19H12ClN3O5. The Morgan fingerprint density at radius 2 is 1.93 bits per heavy atom. The molecule has 9 heteroatoms. The number of fused-ring (bicyclic) bond motifs is 1. The maximum Gasteiger partial charge on any atom is 0.349 e. The molecule has 0 saturated carbocycles. The number of aromatic hydroxyl groups is 1. The van der Waals surface area contributed by atoms with Crippen molar-refractivity contribution >= 4 is 22.9 Å². The first-order valence-electron chi connectivity index (χ1n) is 8.11. The average Bonchev–Trinajstić information content (AvgIpc) is 3.00. The summed E-state index contributed by atoms with van der Waals surface area (Å²) < 4.78 is 6.53.